The highest BCUT2D eigenvalue weighted by atomic mass is 127. The third-order valence-corrected chi connectivity index (χ3v) is 4.67. The predicted octanol–water partition coefficient (Wildman–Crippen LogP) is 2.79. The van der Waals surface area contributed by atoms with Crippen LogP contribution in [0, 0.1) is 3.57 Å². The quantitative estimate of drug-likeness (QED) is 0.663. The zero-order valence-corrected chi connectivity index (χ0v) is 13.4. The summed E-state index contributed by atoms with van der Waals surface area (Å²) in [7, 11) is 0. The smallest absolute Gasteiger partial charge is 0.0503 e. The van der Waals surface area contributed by atoms with E-state index in [9.17, 15) is 0 Å². The summed E-state index contributed by atoms with van der Waals surface area (Å²) in [5.41, 5.74) is 8.00. The van der Waals surface area contributed by atoms with Crippen LogP contribution in [0.3, 0.4) is 0 Å². The Morgan fingerprint density at radius 3 is 2.72 bits per heavy atom. The number of hydrogen-bond donors (Lipinski definition) is 1. The lowest BCUT2D eigenvalue weighted by Gasteiger charge is -2.27. The lowest BCUT2D eigenvalue weighted by molar-refractivity contribution is 0.232. The summed E-state index contributed by atoms with van der Waals surface area (Å²) in [6, 6.07) is 6.92. The van der Waals surface area contributed by atoms with E-state index < -0.39 is 0 Å². The topological polar surface area (TPSA) is 32.5 Å². The van der Waals surface area contributed by atoms with Crippen LogP contribution in [0.25, 0.3) is 0 Å². The molecule has 2 N–H and O–H groups in total. The van der Waals surface area contributed by atoms with Crippen molar-refractivity contribution in [3.8, 4) is 0 Å². The monoisotopic (exact) mass is 359 g/mol. The minimum Gasteiger partial charge on any atom is -0.399 e. The van der Waals surface area contributed by atoms with Crippen molar-refractivity contribution in [3.05, 3.63) is 21.8 Å². The minimum absolute atomic E-state index is 0.702. The highest BCUT2D eigenvalue weighted by molar-refractivity contribution is 14.1. The normalized spacial score (nSPS) is 19.8. The van der Waals surface area contributed by atoms with E-state index in [2.05, 4.69) is 58.4 Å². The van der Waals surface area contributed by atoms with Crippen LogP contribution in [-0.4, -0.2) is 37.1 Å². The minimum atomic E-state index is 0.702. The van der Waals surface area contributed by atoms with Gasteiger partial charge in [0.2, 0.25) is 0 Å². The zero-order valence-electron chi connectivity index (χ0n) is 11.2. The number of benzene rings is 1. The highest BCUT2D eigenvalue weighted by Crippen LogP contribution is 2.28. The number of nitrogens with two attached hydrogens (primary N) is 1. The third kappa shape index (κ3) is 2.91. The van der Waals surface area contributed by atoms with E-state index in [0.717, 1.165) is 31.9 Å². The van der Waals surface area contributed by atoms with Gasteiger partial charge in [-0.05, 0) is 60.3 Å². The first-order valence-electron chi connectivity index (χ1n) is 6.69. The van der Waals surface area contributed by atoms with Crippen LogP contribution < -0.4 is 10.6 Å². The van der Waals surface area contributed by atoms with Crippen LogP contribution >= 0.6 is 22.6 Å². The molecule has 0 bridgehead atoms. The second-order valence-corrected chi connectivity index (χ2v) is 5.98. The average Bonchev–Trinajstić information content (AvgIpc) is 2.80. The Kier molecular flexibility index (Phi) is 4.72. The third-order valence-electron chi connectivity index (χ3n) is 3.80. The average molecular weight is 359 g/mol. The molecule has 0 aromatic heterocycles. The fourth-order valence-electron chi connectivity index (χ4n) is 2.78. The lowest BCUT2D eigenvalue weighted by Crippen LogP contribution is -2.37. The van der Waals surface area contributed by atoms with Gasteiger partial charge in [-0.3, -0.25) is 4.90 Å². The number of nitrogen functional groups attached to an aromatic ring is 1. The van der Waals surface area contributed by atoms with Gasteiger partial charge in [0.05, 0.1) is 5.69 Å². The Balaban J connectivity index is 2.08. The number of rotatable bonds is 4. The summed E-state index contributed by atoms with van der Waals surface area (Å²) in [6.07, 6.45) is 1.27. The van der Waals surface area contributed by atoms with Gasteiger partial charge >= 0.3 is 0 Å². The number of halogens is 1. The maximum Gasteiger partial charge on any atom is 0.0503 e. The van der Waals surface area contributed by atoms with Gasteiger partial charge in [0.15, 0.2) is 0 Å². The molecule has 1 aliphatic heterocycles. The molecule has 100 valence electrons. The molecule has 1 unspecified atom stereocenters. The van der Waals surface area contributed by atoms with Crippen LogP contribution in [0.1, 0.15) is 20.3 Å². The van der Waals surface area contributed by atoms with Crippen molar-refractivity contribution in [3.63, 3.8) is 0 Å². The van der Waals surface area contributed by atoms with Gasteiger partial charge in [-0.25, -0.2) is 0 Å². The maximum atomic E-state index is 5.81. The first-order chi connectivity index (χ1) is 8.65. The SMILES string of the molecule is CCN(CC)C1CCN(c2ccc(N)cc2I)C1. The lowest BCUT2D eigenvalue weighted by atomic mass is 10.2. The molecule has 2 rings (SSSR count). The Hall–Kier alpha value is -0.490. The molecule has 0 radical (unpaired) electrons. The molecule has 4 heteroatoms. The molecule has 1 aromatic rings. The molecule has 3 nitrogen and oxygen atoms in total. The van der Waals surface area contributed by atoms with Crippen LogP contribution in [-0.2, 0) is 0 Å². The van der Waals surface area contributed by atoms with Crippen LogP contribution in [0.4, 0.5) is 11.4 Å². The fourth-order valence-corrected chi connectivity index (χ4v) is 3.66. The van der Waals surface area contributed by atoms with E-state index in [0.29, 0.717) is 6.04 Å². The van der Waals surface area contributed by atoms with Gasteiger partial charge in [0.25, 0.3) is 0 Å². The molecule has 1 saturated heterocycles. The van der Waals surface area contributed by atoms with Crippen LogP contribution in [0.15, 0.2) is 18.2 Å². The van der Waals surface area contributed by atoms with Crippen molar-refractivity contribution in [2.75, 3.05) is 36.8 Å². The van der Waals surface area contributed by atoms with Crippen molar-refractivity contribution in [1.82, 2.24) is 4.90 Å². The Morgan fingerprint density at radius 2 is 2.11 bits per heavy atom. The van der Waals surface area contributed by atoms with Gasteiger partial charge in [-0.15, -0.1) is 0 Å². The van der Waals surface area contributed by atoms with Crippen molar-refractivity contribution >= 4 is 34.0 Å². The molecule has 1 aromatic carbocycles. The zero-order chi connectivity index (χ0) is 13.1. The standard InChI is InChI=1S/C14H22IN3/c1-3-17(4-2)12-7-8-18(10-12)14-6-5-11(16)9-13(14)15/h5-6,9,12H,3-4,7-8,10,16H2,1-2H3. The van der Waals surface area contributed by atoms with Gasteiger partial charge in [0, 0.05) is 28.4 Å². The second kappa shape index (κ2) is 6.10. The van der Waals surface area contributed by atoms with Crippen molar-refractivity contribution in [2.45, 2.75) is 26.3 Å². The van der Waals surface area contributed by atoms with E-state index in [-0.39, 0.29) is 0 Å². The predicted molar refractivity (Wildman–Crippen MR) is 87.1 cm³/mol. The van der Waals surface area contributed by atoms with Crippen molar-refractivity contribution in [1.29, 1.82) is 0 Å². The molecule has 0 amide bonds. The van der Waals surface area contributed by atoms with E-state index in [1.165, 1.54) is 15.7 Å². The van der Waals surface area contributed by atoms with E-state index in [1.54, 1.807) is 0 Å². The molecule has 0 saturated carbocycles. The van der Waals surface area contributed by atoms with Gasteiger partial charge < -0.3 is 10.6 Å². The first-order valence-corrected chi connectivity index (χ1v) is 7.77. The van der Waals surface area contributed by atoms with E-state index >= 15 is 0 Å². The second-order valence-electron chi connectivity index (χ2n) is 4.82. The van der Waals surface area contributed by atoms with Crippen molar-refractivity contribution < 1.29 is 0 Å². The Labute approximate surface area is 123 Å². The summed E-state index contributed by atoms with van der Waals surface area (Å²) in [5.74, 6) is 0. The number of hydrogen-bond acceptors (Lipinski definition) is 3. The van der Waals surface area contributed by atoms with Crippen molar-refractivity contribution in [2.24, 2.45) is 0 Å². The number of likely N-dealkylation sites (N-methyl/N-ethyl adjacent to an activating group) is 1. The van der Waals surface area contributed by atoms with E-state index in [1.807, 2.05) is 6.07 Å². The van der Waals surface area contributed by atoms with Gasteiger partial charge in [-0.2, -0.15) is 0 Å². The summed E-state index contributed by atoms with van der Waals surface area (Å²) in [4.78, 5) is 5.05. The maximum absolute atomic E-state index is 5.81. The largest absolute Gasteiger partial charge is 0.399 e. The van der Waals surface area contributed by atoms with Crippen LogP contribution in [0.5, 0.6) is 0 Å². The Morgan fingerprint density at radius 1 is 1.39 bits per heavy atom. The van der Waals surface area contributed by atoms with Gasteiger partial charge in [-0.1, -0.05) is 13.8 Å². The molecule has 18 heavy (non-hydrogen) atoms. The molecule has 1 aliphatic rings. The molecule has 1 heterocycles. The highest BCUT2D eigenvalue weighted by Gasteiger charge is 2.27. The molecule has 0 aliphatic carbocycles. The molecular formula is C14H22IN3. The number of anilines is 2. The summed E-state index contributed by atoms with van der Waals surface area (Å²) < 4.78 is 1.26. The Bertz CT molecular complexity index is 404. The molecule has 0 spiro atoms. The van der Waals surface area contributed by atoms with Crippen LogP contribution in [0.2, 0.25) is 0 Å². The molecule has 1 fully saturated rings. The van der Waals surface area contributed by atoms with Gasteiger partial charge in [0.1, 0.15) is 0 Å². The van der Waals surface area contributed by atoms with E-state index in [4.69, 9.17) is 5.73 Å². The molecular weight excluding hydrogens is 337 g/mol. The number of nitrogens with zero attached hydrogens (tertiary/aromatic N) is 2. The molecule has 1 atom stereocenters. The summed E-state index contributed by atoms with van der Waals surface area (Å²) in [5, 5.41) is 0. The first kappa shape index (κ1) is 13.9. The summed E-state index contributed by atoms with van der Waals surface area (Å²) in [6.45, 7) is 9.09. The fraction of sp³-hybridized carbons (Fsp3) is 0.571. The summed E-state index contributed by atoms with van der Waals surface area (Å²) >= 11 is 2.38.